The maximum Gasteiger partial charge on any atom is 0.345 e. The summed E-state index contributed by atoms with van der Waals surface area (Å²) in [6.07, 6.45) is 0. The molecule has 2 aromatic carbocycles. The molecule has 2 heterocycles. The summed E-state index contributed by atoms with van der Waals surface area (Å²) in [5, 5.41) is 6.87. The highest BCUT2D eigenvalue weighted by molar-refractivity contribution is 7.14. The van der Waals surface area contributed by atoms with Crippen LogP contribution in [-0.2, 0) is 0 Å². The van der Waals surface area contributed by atoms with E-state index in [-0.39, 0.29) is 0 Å². The molecule has 0 fully saturated rings. The zero-order chi connectivity index (χ0) is 18.8. The lowest BCUT2D eigenvalue weighted by Gasteiger charge is -2.09. The van der Waals surface area contributed by atoms with E-state index in [1.54, 1.807) is 12.1 Å². The van der Waals surface area contributed by atoms with Crippen LogP contribution < -0.4 is 15.7 Å². The Hall–Kier alpha value is -2.83. The van der Waals surface area contributed by atoms with E-state index in [0.717, 1.165) is 16.8 Å². The van der Waals surface area contributed by atoms with E-state index in [1.165, 1.54) is 11.3 Å². The van der Waals surface area contributed by atoms with E-state index in [9.17, 15) is 4.79 Å². The Morgan fingerprint density at radius 3 is 2.93 bits per heavy atom. The van der Waals surface area contributed by atoms with Gasteiger partial charge < -0.3 is 14.5 Å². The molecule has 2 aromatic heterocycles. The minimum absolute atomic E-state index is 0.382. The lowest BCUT2D eigenvalue weighted by atomic mass is 10.1. The summed E-state index contributed by atoms with van der Waals surface area (Å²) in [5.74, 6) is 0.747. The van der Waals surface area contributed by atoms with E-state index >= 15 is 0 Å². The molecule has 0 aliphatic heterocycles. The second-order valence-corrected chi connectivity index (χ2v) is 6.96. The zero-order valence-corrected chi connectivity index (χ0v) is 15.9. The van der Waals surface area contributed by atoms with Crippen molar-refractivity contribution in [1.82, 2.24) is 4.98 Å². The molecule has 4 rings (SSSR count). The Kier molecular flexibility index (Phi) is 4.83. The highest BCUT2D eigenvalue weighted by Crippen LogP contribution is 2.32. The van der Waals surface area contributed by atoms with Gasteiger partial charge in [-0.3, -0.25) is 0 Å². The van der Waals surface area contributed by atoms with Crippen molar-refractivity contribution in [2.24, 2.45) is 0 Å². The zero-order valence-electron chi connectivity index (χ0n) is 14.4. The van der Waals surface area contributed by atoms with E-state index in [1.807, 2.05) is 48.7 Å². The number of hydrogen-bond acceptors (Lipinski definition) is 6. The number of benzene rings is 2. The number of ether oxygens (including phenoxy) is 1. The van der Waals surface area contributed by atoms with Crippen LogP contribution in [0.5, 0.6) is 5.75 Å². The molecule has 136 valence electrons. The number of hydrogen-bond donors (Lipinski definition) is 1. The molecule has 0 bridgehead atoms. The van der Waals surface area contributed by atoms with Gasteiger partial charge in [0.1, 0.15) is 5.75 Å². The number of halogens is 1. The van der Waals surface area contributed by atoms with Crippen LogP contribution >= 0.6 is 22.9 Å². The van der Waals surface area contributed by atoms with Crippen molar-refractivity contribution in [3.63, 3.8) is 0 Å². The smallest absolute Gasteiger partial charge is 0.345 e. The Labute approximate surface area is 164 Å². The van der Waals surface area contributed by atoms with Gasteiger partial charge in [0.15, 0.2) is 10.7 Å². The summed E-state index contributed by atoms with van der Waals surface area (Å²) in [5.41, 5.74) is 1.67. The summed E-state index contributed by atoms with van der Waals surface area (Å²) >= 11 is 7.49. The van der Waals surface area contributed by atoms with Crippen LogP contribution in [0.25, 0.3) is 22.2 Å². The first-order valence-corrected chi connectivity index (χ1v) is 9.58. The van der Waals surface area contributed by atoms with Crippen molar-refractivity contribution in [2.75, 3.05) is 11.9 Å². The number of thiazole rings is 1. The van der Waals surface area contributed by atoms with Crippen LogP contribution in [-0.4, -0.2) is 11.6 Å². The lowest BCUT2D eigenvalue weighted by Crippen LogP contribution is -2.03. The van der Waals surface area contributed by atoms with E-state index in [2.05, 4.69) is 10.3 Å². The number of nitrogens with zero attached hydrogens (tertiary/aromatic N) is 1. The molecule has 7 heteroatoms. The topological polar surface area (TPSA) is 64.4 Å². The number of rotatable bonds is 5. The molecular weight excluding hydrogens is 384 g/mol. The van der Waals surface area contributed by atoms with Crippen molar-refractivity contribution >= 4 is 44.7 Å². The van der Waals surface area contributed by atoms with Gasteiger partial charge in [0.2, 0.25) is 0 Å². The van der Waals surface area contributed by atoms with Crippen molar-refractivity contribution in [1.29, 1.82) is 0 Å². The monoisotopic (exact) mass is 398 g/mol. The number of anilines is 2. The maximum absolute atomic E-state index is 12.4. The SMILES string of the molecule is CCOc1ccccc1Nc1nc(-c2cc3cccc(Cl)c3oc2=O)cs1. The molecule has 27 heavy (non-hydrogen) atoms. The van der Waals surface area contributed by atoms with Crippen LogP contribution in [0.3, 0.4) is 0 Å². The molecule has 0 aliphatic rings. The molecule has 0 radical (unpaired) electrons. The molecule has 0 spiro atoms. The average molecular weight is 399 g/mol. The summed E-state index contributed by atoms with van der Waals surface area (Å²) in [6, 6.07) is 14.7. The summed E-state index contributed by atoms with van der Waals surface area (Å²) in [6.45, 7) is 2.51. The van der Waals surface area contributed by atoms with Crippen molar-refractivity contribution < 1.29 is 9.15 Å². The van der Waals surface area contributed by atoms with Crippen LogP contribution in [0, 0.1) is 0 Å². The maximum atomic E-state index is 12.4. The van der Waals surface area contributed by atoms with Gasteiger partial charge in [-0.15, -0.1) is 11.3 Å². The highest BCUT2D eigenvalue weighted by atomic mass is 35.5. The van der Waals surface area contributed by atoms with E-state index in [0.29, 0.717) is 33.6 Å². The summed E-state index contributed by atoms with van der Waals surface area (Å²) in [4.78, 5) is 16.9. The van der Waals surface area contributed by atoms with Gasteiger partial charge >= 0.3 is 5.63 Å². The Morgan fingerprint density at radius 1 is 1.22 bits per heavy atom. The molecule has 0 amide bonds. The van der Waals surface area contributed by atoms with Crippen LogP contribution in [0.2, 0.25) is 5.02 Å². The summed E-state index contributed by atoms with van der Waals surface area (Å²) in [7, 11) is 0. The van der Waals surface area contributed by atoms with Gasteiger partial charge in [-0.05, 0) is 31.2 Å². The van der Waals surface area contributed by atoms with Crippen molar-refractivity contribution in [3.8, 4) is 17.0 Å². The Bertz CT molecular complexity index is 1170. The third kappa shape index (κ3) is 3.54. The second kappa shape index (κ2) is 7.42. The third-order valence-corrected chi connectivity index (χ3v) is 4.98. The van der Waals surface area contributed by atoms with Gasteiger partial charge in [0, 0.05) is 10.8 Å². The molecule has 0 unspecified atom stereocenters. The lowest BCUT2D eigenvalue weighted by molar-refractivity contribution is 0.342. The number of para-hydroxylation sites is 3. The molecule has 4 aromatic rings. The van der Waals surface area contributed by atoms with Crippen LogP contribution in [0.4, 0.5) is 10.8 Å². The van der Waals surface area contributed by atoms with Gasteiger partial charge in [0.05, 0.1) is 28.6 Å². The second-order valence-electron chi connectivity index (χ2n) is 5.70. The summed E-state index contributed by atoms with van der Waals surface area (Å²) < 4.78 is 11.0. The van der Waals surface area contributed by atoms with Gasteiger partial charge in [-0.2, -0.15) is 0 Å². The third-order valence-electron chi connectivity index (χ3n) is 3.92. The molecule has 0 saturated carbocycles. The molecule has 5 nitrogen and oxygen atoms in total. The Balaban J connectivity index is 1.68. The number of aromatic nitrogens is 1. The molecule has 0 aliphatic carbocycles. The predicted octanol–water partition coefficient (Wildman–Crippen LogP) is 5.71. The largest absolute Gasteiger partial charge is 0.492 e. The number of nitrogens with one attached hydrogen (secondary N) is 1. The van der Waals surface area contributed by atoms with Gasteiger partial charge in [0.25, 0.3) is 0 Å². The van der Waals surface area contributed by atoms with Gasteiger partial charge in [-0.1, -0.05) is 35.9 Å². The normalized spacial score (nSPS) is 10.9. The molecular formula is C20H15ClN2O3S. The van der Waals surface area contributed by atoms with Crippen LogP contribution in [0.1, 0.15) is 6.92 Å². The fourth-order valence-corrected chi connectivity index (χ4v) is 3.65. The van der Waals surface area contributed by atoms with Gasteiger partial charge in [-0.25, -0.2) is 9.78 Å². The highest BCUT2D eigenvalue weighted by Gasteiger charge is 2.14. The fourth-order valence-electron chi connectivity index (χ4n) is 2.71. The average Bonchev–Trinajstić information content (AvgIpc) is 3.12. The first-order chi connectivity index (χ1) is 13.2. The van der Waals surface area contributed by atoms with E-state index in [4.69, 9.17) is 20.8 Å². The molecule has 0 atom stereocenters. The minimum atomic E-state index is -0.470. The van der Waals surface area contributed by atoms with Crippen molar-refractivity contribution in [2.45, 2.75) is 6.92 Å². The Morgan fingerprint density at radius 2 is 2.07 bits per heavy atom. The van der Waals surface area contributed by atoms with E-state index < -0.39 is 5.63 Å². The van der Waals surface area contributed by atoms with Crippen molar-refractivity contribution in [3.05, 3.63) is 69.4 Å². The number of fused-ring (bicyclic) bond motifs is 1. The van der Waals surface area contributed by atoms with Crippen LogP contribution in [0.15, 0.2) is 63.1 Å². The first-order valence-electron chi connectivity index (χ1n) is 8.33. The predicted molar refractivity (Wildman–Crippen MR) is 109 cm³/mol. The molecule has 0 saturated heterocycles. The first kappa shape index (κ1) is 17.6. The minimum Gasteiger partial charge on any atom is -0.492 e. The fraction of sp³-hybridized carbons (Fsp3) is 0.100. The quantitative estimate of drug-likeness (QED) is 0.436. The molecule has 1 N–H and O–H groups in total. The standard InChI is InChI=1S/C20H15ClN2O3S/c1-2-25-17-9-4-3-8-15(17)22-20-23-16(11-27-20)13-10-12-6-5-7-14(21)18(12)26-19(13)24/h3-11H,2H2,1H3,(H,22,23).